The molecule has 0 aliphatic carbocycles. The molecule has 0 bridgehead atoms. The highest BCUT2D eigenvalue weighted by atomic mass is 16.3. The number of aromatic nitrogens is 1. The summed E-state index contributed by atoms with van der Waals surface area (Å²) in [7, 11) is 0. The number of carbonyl (C=O) groups is 1. The number of rotatable bonds is 6. The summed E-state index contributed by atoms with van der Waals surface area (Å²) in [5.74, 6) is 0.543. The SMILES string of the molecule is CC(C)(CCO)CNC(=O)Nc1ccc(-c2ncco2)cc1. The quantitative estimate of drug-likeness (QED) is 0.765. The number of nitrogens with one attached hydrogen (secondary N) is 2. The van der Waals surface area contributed by atoms with Gasteiger partial charge in [0.05, 0.1) is 6.20 Å². The van der Waals surface area contributed by atoms with Gasteiger partial charge in [-0.25, -0.2) is 9.78 Å². The molecule has 118 valence electrons. The lowest BCUT2D eigenvalue weighted by molar-refractivity contribution is 0.204. The normalized spacial score (nSPS) is 11.2. The van der Waals surface area contributed by atoms with Crippen LogP contribution < -0.4 is 10.6 Å². The van der Waals surface area contributed by atoms with Crippen LogP contribution in [0, 0.1) is 5.41 Å². The van der Waals surface area contributed by atoms with Crippen molar-refractivity contribution in [3.05, 3.63) is 36.7 Å². The van der Waals surface area contributed by atoms with Gasteiger partial charge in [-0.15, -0.1) is 0 Å². The topological polar surface area (TPSA) is 87.4 Å². The van der Waals surface area contributed by atoms with Gasteiger partial charge in [-0.05, 0) is 36.1 Å². The number of urea groups is 1. The molecule has 1 aromatic carbocycles. The van der Waals surface area contributed by atoms with Crippen LogP contribution in [0.1, 0.15) is 20.3 Å². The van der Waals surface area contributed by atoms with Gasteiger partial charge in [-0.1, -0.05) is 13.8 Å². The molecule has 0 saturated carbocycles. The zero-order valence-corrected chi connectivity index (χ0v) is 12.8. The van der Waals surface area contributed by atoms with E-state index in [1.807, 2.05) is 26.0 Å². The highest BCUT2D eigenvalue weighted by molar-refractivity contribution is 5.89. The molecule has 1 heterocycles. The molecule has 0 atom stereocenters. The Hall–Kier alpha value is -2.34. The molecule has 0 saturated heterocycles. The maximum atomic E-state index is 11.9. The Kier molecular flexibility index (Phi) is 5.16. The third kappa shape index (κ3) is 4.60. The van der Waals surface area contributed by atoms with Gasteiger partial charge in [0.25, 0.3) is 0 Å². The monoisotopic (exact) mass is 303 g/mol. The Balaban J connectivity index is 1.87. The summed E-state index contributed by atoms with van der Waals surface area (Å²) in [5, 5.41) is 14.5. The zero-order valence-electron chi connectivity index (χ0n) is 12.8. The fourth-order valence-corrected chi connectivity index (χ4v) is 1.95. The smallest absolute Gasteiger partial charge is 0.319 e. The fraction of sp³-hybridized carbons (Fsp3) is 0.375. The number of oxazole rings is 1. The predicted molar refractivity (Wildman–Crippen MR) is 84.4 cm³/mol. The molecule has 6 nitrogen and oxygen atoms in total. The number of nitrogens with zero attached hydrogens (tertiary/aromatic N) is 1. The van der Waals surface area contributed by atoms with E-state index in [-0.39, 0.29) is 18.1 Å². The second kappa shape index (κ2) is 7.09. The molecule has 0 radical (unpaired) electrons. The van der Waals surface area contributed by atoms with Crippen molar-refractivity contribution in [3.8, 4) is 11.5 Å². The summed E-state index contributed by atoms with van der Waals surface area (Å²) in [5.41, 5.74) is 1.40. The molecule has 0 aliphatic rings. The van der Waals surface area contributed by atoms with Crippen molar-refractivity contribution in [1.29, 1.82) is 0 Å². The van der Waals surface area contributed by atoms with Gasteiger partial charge >= 0.3 is 6.03 Å². The van der Waals surface area contributed by atoms with Crippen molar-refractivity contribution < 1.29 is 14.3 Å². The standard InChI is InChI=1S/C16H21N3O3/c1-16(2,7-9-20)11-18-15(21)19-13-5-3-12(4-6-13)14-17-8-10-22-14/h3-6,8,10,20H,7,9,11H2,1-2H3,(H2,18,19,21). The van der Waals surface area contributed by atoms with Crippen molar-refractivity contribution in [2.75, 3.05) is 18.5 Å². The average Bonchev–Trinajstić information content (AvgIpc) is 3.00. The number of aliphatic hydroxyl groups is 1. The first-order valence-corrected chi connectivity index (χ1v) is 7.16. The molecular formula is C16H21N3O3. The van der Waals surface area contributed by atoms with Crippen LogP contribution in [0.25, 0.3) is 11.5 Å². The number of hydrogen-bond donors (Lipinski definition) is 3. The van der Waals surface area contributed by atoms with Gasteiger partial charge in [0.15, 0.2) is 0 Å². The zero-order chi connectivity index (χ0) is 16.0. The van der Waals surface area contributed by atoms with Crippen molar-refractivity contribution in [3.63, 3.8) is 0 Å². The van der Waals surface area contributed by atoms with Gasteiger partial charge < -0.3 is 20.2 Å². The van der Waals surface area contributed by atoms with Gasteiger partial charge in [-0.3, -0.25) is 0 Å². The Morgan fingerprint density at radius 1 is 1.32 bits per heavy atom. The maximum Gasteiger partial charge on any atom is 0.319 e. The van der Waals surface area contributed by atoms with Gasteiger partial charge in [-0.2, -0.15) is 0 Å². The first-order chi connectivity index (χ1) is 10.5. The van der Waals surface area contributed by atoms with E-state index in [1.54, 1.807) is 18.3 Å². The van der Waals surface area contributed by atoms with E-state index < -0.39 is 0 Å². The van der Waals surface area contributed by atoms with Crippen LogP contribution in [0.4, 0.5) is 10.5 Å². The highest BCUT2D eigenvalue weighted by Crippen LogP contribution is 2.20. The van der Waals surface area contributed by atoms with Crippen LogP contribution in [0.2, 0.25) is 0 Å². The molecule has 3 N–H and O–H groups in total. The first kappa shape index (κ1) is 16.0. The van der Waals surface area contributed by atoms with Gasteiger partial charge in [0, 0.05) is 24.4 Å². The Labute approximate surface area is 129 Å². The number of benzene rings is 1. The van der Waals surface area contributed by atoms with Crippen molar-refractivity contribution in [2.45, 2.75) is 20.3 Å². The summed E-state index contributed by atoms with van der Waals surface area (Å²) < 4.78 is 5.21. The van der Waals surface area contributed by atoms with E-state index in [1.165, 1.54) is 6.26 Å². The van der Waals surface area contributed by atoms with Crippen LogP contribution in [0.5, 0.6) is 0 Å². The Bertz CT molecular complexity index is 592. The molecule has 2 amide bonds. The van der Waals surface area contributed by atoms with Crippen LogP contribution in [-0.4, -0.2) is 29.3 Å². The average molecular weight is 303 g/mol. The van der Waals surface area contributed by atoms with Crippen LogP contribution in [0.3, 0.4) is 0 Å². The molecule has 0 unspecified atom stereocenters. The lowest BCUT2D eigenvalue weighted by Gasteiger charge is -2.23. The van der Waals surface area contributed by atoms with Gasteiger partial charge in [0.2, 0.25) is 5.89 Å². The molecule has 2 aromatic rings. The minimum absolute atomic E-state index is 0.110. The summed E-state index contributed by atoms with van der Waals surface area (Å²) in [6, 6.07) is 6.97. The number of aliphatic hydroxyl groups excluding tert-OH is 1. The van der Waals surface area contributed by atoms with Crippen LogP contribution in [0.15, 0.2) is 41.1 Å². The highest BCUT2D eigenvalue weighted by Gasteiger charge is 2.18. The third-order valence-corrected chi connectivity index (χ3v) is 3.34. The second-order valence-corrected chi connectivity index (χ2v) is 5.86. The van der Waals surface area contributed by atoms with E-state index in [4.69, 9.17) is 9.52 Å². The summed E-state index contributed by atoms with van der Waals surface area (Å²) in [6.45, 7) is 4.59. The van der Waals surface area contributed by atoms with E-state index in [9.17, 15) is 4.79 Å². The van der Waals surface area contributed by atoms with Crippen LogP contribution >= 0.6 is 0 Å². The lowest BCUT2D eigenvalue weighted by atomic mass is 9.90. The van der Waals surface area contributed by atoms with E-state index in [2.05, 4.69) is 15.6 Å². The van der Waals surface area contributed by atoms with Crippen molar-refractivity contribution in [2.24, 2.45) is 5.41 Å². The van der Waals surface area contributed by atoms with Crippen LogP contribution in [-0.2, 0) is 0 Å². The first-order valence-electron chi connectivity index (χ1n) is 7.16. The predicted octanol–water partition coefficient (Wildman–Crippen LogP) is 2.87. The lowest BCUT2D eigenvalue weighted by Crippen LogP contribution is -2.37. The molecule has 0 fully saturated rings. The van der Waals surface area contributed by atoms with Crippen molar-refractivity contribution in [1.82, 2.24) is 10.3 Å². The minimum Gasteiger partial charge on any atom is -0.445 e. The molecule has 2 rings (SSSR count). The third-order valence-electron chi connectivity index (χ3n) is 3.34. The molecular weight excluding hydrogens is 282 g/mol. The van der Waals surface area contributed by atoms with E-state index >= 15 is 0 Å². The second-order valence-electron chi connectivity index (χ2n) is 5.86. The number of amides is 2. The Morgan fingerprint density at radius 3 is 2.64 bits per heavy atom. The molecule has 0 spiro atoms. The molecule has 22 heavy (non-hydrogen) atoms. The maximum absolute atomic E-state index is 11.9. The molecule has 0 aliphatic heterocycles. The Morgan fingerprint density at radius 2 is 2.05 bits per heavy atom. The molecule has 6 heteroatoms. The van der Waals surface area contributed by atoms with E-state index in [0.29, 0.717) is 24.5 Å². The van der Waals surface area contributed by atoms with Crippen molar-refractivity contribution >= 4 is 11.7 Å². The summed E-state index contributed by atoms with van der Waals surface area (Å²) in [4.78, 5) is 15.9. The largest absolute Gasteiger partial charge is 0.445 e. The fourth-order valence-electron chi connectivity index (χ4n) is 1.95. The number of hydrogen-bond acceptors (Lipinski definition) is 4. The summed E-state index contributed by atoms with van der Waals surface area (Å²) in [6.07, 6.45) is 3.74. The molecule has 1 aromatic heterocycles. The number of carbonyl (C=O) groups excluding carboxylic acids is 1. The van der Waals surface area contributed by atoms with E-state index in [0.717, 1.165) is 5.56 Å². The number of anilines is 1. The van der Waals surface area contributed by atoms with Gasteiger partial charge in [0.1, 0.15) is 6.26 Å². The summed E-state index contributed by atoms with van der Waals surface area (Å²) >= 11 is 0. The minimum atomic E-state index is -0.269.